The van der Waals surface area contributed by atoms with Gasteiger partial charge in [0, 0.05) is 22.9 Å². The van der Waals surface area contributed by atoms with Gasteiger partial charge in [-0.3, -0.25) is 9.59 Å². The molecule has 1 N–H and O–H groups in total. The molecule has 0 unspecified atom stereocenters. The van der Waals surface area contributed by atoms with Crippen LogP contribution < -0.4 is 5.32 Å². The maximum Gasteiger partial charge on any atom is 0.225 e. The second-order valence-electron chi connectivity index (χ2n) is 4.72. The molecule has 2 rings (SSSR count). The van der Waals surface area contributed by atoms with Gasteiger partial charge in [-0.15, -0.1) is 11.3 Å². The Morgan fingerprint density at radius 1 is 1.15 bits per heavy atom. The number of carbonyl (C=O) groups excluding carboxylic acids is 2. The Kier molecular flexibility index (Phi) is 5.07. The molecule has 1 heterocycles. The summed E-state index contributed by atoms with van der Waals surface area (Å²) in [6.45, 7) is 1.85. The van der Waals surface area contributed by atoms with E-state index in [2.05, 4.69) is 5.32 Å². The van der Waals surface area contributed by atoms with Crippen LogP contribution in [-0.4, -0.2) is 17.7 Å². The van der Waals surface area contributed by atoms with E-state index in [4.69, 9.17) is 0 Å². The van der Waals surface area contributed by atoms with Gasteiger partial charge in [0.05, 0.1) is 6.42 Å². The molecule has 0 aliphatic carbocycles. The number of hydrogen-bond donors (Lipinski definition) is 1. The first-order valence-electron chi connectivity index (χ1n) is 6.55. The normalized spacial score (nSPS) is 11.8. The standard InChI is InChI=1S/C16H17NO2S/c1-12(10-15(18)13-6-3-2-4-7-13)17-16(19)11-14-8-5-9-20-14/h2-9,12H,10-11H2,1H3,(H,17,19)/t12-/m1/s1. The minimum absolute atomic E-state index is 0.0409. The van der Waals surface area contributed by atoms with E-state index in [-0.39, 0.29) is 17.7 Å². The highest BCUT2D eigenvalue weighted by molar-refractivity contribution is 7.10. The van der Waals surface area contributed by atoms with Crippen LogP contribution in [0.2, 0.25) is 0 Å². The van der Waals surface area contributed by atoms with E-state index in [0.717, 1.165) is 4.88 Å². The smallest absolute Gasteiger partial charge is 0.225 e. The van der Waals surface area contributed by atoms with Gasteiger partial charge in [0.25, 0.3) is 0 Å². The number of nitrogens with one attached hydrogen (secondary N) is 1. The highest BCUT2D eigenvalue weighted by atomic mass is 32.1. The predicted molar refractivity (Wildman–Crippen MR) is 81.0 cm³/mol. The summed E-state index contributed by atoms with van der Waals surface area (Å²) in [6.07, 6.45) is 0.696. The van der Waals surface area contributed by atoms with E-state index in [0.29, 0.717) is 18.4 Å². The monoisotopic (exact) mass is 287 g/mol. The van der Waals surface area contributed by atoms with Crippen LogP contribution in [0.1, 0.15) is 28.6 Å². The Hall–Kier alpha value is -1.94. The zero-order valence-corrected chi connectivity index (χ0v) is 12.2. The van der Waals surface area contributed by atoms with Crippen molar-refractivity contribution in [3.8, 4) is 0 Å². The fraction of sp³-hybridized carbons (Fsp3) is 0.250. The first kappa shape index (κ1) is 14.5. The molecule has 1 amide bonds. The summed E-state index contributed by atoms with van der Waals surface area (Å²) in [4.78, 5) is 24.9. The zero-order chi connectivity index (χ0) is 14.4. The van der Waals surface area contributed by atoms with Gasteiger partial charge in [0.1, 0.15) is 0 Å². The topological polar surface area (TPSA) is 46.2 Å². The Bertz CT molecular complexity index is 563. The lowest BCUT2D eigenvalue weighted by Gasteiger charge is -2.12. The van der Waals surface area contributed by atoms with Crippen molar-refractivity contribution in [1.29, 1.82) is 0 Å². The molecular formula is C16H17NO2S. The highest BCUT2D eigenvalue weighted by Gasteiger charge is 2.13. The fourth-order valence-corrected chi connectivity index (χ4v) is 2.67. The van der Waals surface area contributed by atoms with E-state index in [1.54, 1.807) is 23.5 Å². The van der Waals surface area contributed by atoms with Crippen molar-refractivity contribution in [2.75, 3.05) is 0 Å². The molecule has 0 aliphatic heterocycles. The Labute approximate surface area is 122 Å². The average Bonchev–Trinajstić information content (AvgIpc) is 2.92. The SMILES string of the molecule is C[C@H](CC(=O)c1ccccc1)NC(=O)Cc1cccs1. The largest absolute Gasteiger partial charge is 0.353 e. The van der Waals surface area contributed by atoms with Crippen LogP contribution in [0.3, 0.4) is 0 Å². The van der Waals surface area contributed by atoms with E-state index in [9.17, 15) is 9.59 Å². The predicted octanol–water partition coefficient (Wildman–Crippen LogP) is 3.07. The van der Waals surface area contributed by atoms with Gasteiger partial charge < -0.3 is 5.32 Å². The summed E-state index contributed by atoms with van der Waals surface area (Å²) in [7, 11) is 0. The average molecular weight is 287 g/mol. The lowest BCUT2D eigenvalue weighted by Crippen LogP contribution is -2.35. The minimum Gasteiger partial charge on any atom is -0.353 e. The Morgan fingerprint density at radius 2 is 1.90 bits per heavy atom. The minimum atomic E-state index is -0.157. The maximum absolute atomic E-state index is 12.0. The summed E-state index contributed by atoms with van der Waals surface area (Å²) in [5.74, 6) is 0.00957. The fourth-order valence-electron chi connectivity index (χ4n) is 1.97. The van der Waals surface area contributed by atoms with Crippen LogP contribution in [0.4, 0.5) is 0 Å². The van der Waals surface area contributed by atoms with Crippen molar-refractivity contribution >= 4 is 23.0 Å². The van der Waals surface area contributed by atoms with Gasteiger partial charge in [-0.1, -0.05) is 36.4 Å². The molecule has 1 aromatic heterocycles. The molecule has 0 aliphatic rings. The molecule has 0 bridgehead atoms. The number of benzene rings is 1. The molecule has 0 fully saturated rings. The van der Waals surface area contributed by atoms with E-state index in [1.807, 2.05) is 42.6 Å². The molecule has 0 saturated heterocycles. The molecule has 20 heavy (non-hydrogen) atoms. The first-order chi connectivity index (χ1) is 9.65. The lowest BCUT2D eigenvalue weighted by atomic mass is 10.0. The zero-order valence-electron chi connectivity index (χ0n) is 11.3. The van der Waals surface area contributed by atoms with Crippen LogP contribution >= 0.6 is 11.3 Å². The van der Waals surface area contributed by atoms with Crippen LogP contribution in [0.5, 0.6) is 0 Å². The quantitative estimate of drug-likeness (QED) is 0.830. The number of carbonyl (C=O) groups is 2. The number of hydrogen-bond acceptors (Lipinski definition) is 3. The van der Waals surface area contributed by atoms with E-state index in [1.165, 1.54) is 0 Å². The molecule has 0 spiro atoms. The molecule has 3 nitrogen and oxygen atoms in total. The lowest BCUT2D eigenvalue weighted by molar-refractivity contribution is -0.120. The molecule has 2 aromatic rings. The number of ketones is 1. The van der Waals surface area contributed by atoms with Crippen LogP contribution in [0, 0.1) is 0 Å². The first-order valence-corrected chi connectivity index (χ1v) is 7.43. The molecule has 1 aromatic carbocycles. The van der Waals surface area contributed by atoms with Crippen molar-refractivity contribution in [3.63, 3.8) is 0 Å². The van der Waals surface area contributed by atoms with Crippen LogP contribution in [-0.2, 0) is 11.2 Å². The van der Waals surface area contributed by atoms with Crippen molar-refractivity contribution < 1.29 is 9.59 Å². The van der Waals surface area contributed by atoms with Gasteiger partial charge in [0.2, 0.25) is 5.91 Å². The number of rotatable bonds is 6. The van der Waals surface area contributed by atoms with Crippen molar-refractivity contribution in [1.82, 2.24) is 5.32 Å². The summed E-state index contributed by atoms with van der Waals surface area (Å²) >= 11 is 1.56. The van der Waals surface area contributed by atoms with Crippen LogP contribution in [0.25, 0.3) is 0 Å². The van der Waals surface area contributed by atoms with Gasteiger partial charge in [-0.25, -0.2) is 0 Å². The highest BCUT2D eigenvalue weighted by Crippen LogP contribution is 2.10. The Morgan fingerprint density at radius 3 is 2.55 bits per heavy atom. The third-order valence-corrected chi connectivity index (χ3v) is 3.79. The third-order valence-electron chi connectivity index (χ3n) is 2.91. The number of thiophene rings is 1. The molecular weight excluding hydrogens is 270 g/mol. The van der Waals surface area contributed by atoms with Gasteiger partial charge in [0.15, 0.2) is 5.78 Å². The molecule has 104 valence electrons. The second-order valence-corrected chi connectivity index (χ2v) is 5.75. The van der Waals surface area contributed by atoms with Crippen molar-refractivity contribution in [2.45, 2.75) is 25.8 Å². The van der Waals surface area contributed by atoms with E-state index >= 15 is 0 Å². The van der Waals surface area contributed by atoms with Gasteiger partial charge in [-0.05, 0) is 18.4 Å². The number of Topliss-reactive ketones (excluding diaryl/α,β-unsaturated/α-hetero) is 1. The molecule has 4 heteroatoms. The van der Waals surface area contributed by atoms with Gasteiger partial charge in [-0.2, -0.15) is 0 Å². The molecule has 0 radical (unpaired) electrons. The number of amides is 1. The molecule has 1 atom stereocenters. The second kappa shape index (κ2) is 7.01. The van der Waals surface area contributed by atoms with Crippen LogP contribution in [0.15, 0.2) is 47.8 Å². The summed E-state index contributed by atoms with van der Waals surface area (Å²) in [5.41, 5.74) is 0.687. The Balaban J connectivity index is 1.81. The maximum atomic E-state index is 12.0. The van der Waals surface area contributed by atoms with E-state index < -0.39 is 0 Å². The molecule has 0 saturated carbocycles. The summed E-state index contributed by atoms with van der Waals surface area (Å²) < 4.78 is 0. The van der Waals surface area contributed by atoms with Gasteiger partial charge >= 0.3 is 0 Å². The van der Waals surface area contributed by atoms with Crippen molar-refractivity contribution in [3.05, 3.63) is 58.3 Å². The summed E-state index contributed by atoms with van der Waals surface area (Å²) in [5, 5.41) is 4.82. The third kappa shape index (κ3) is 4.31. The van der Waals surface area contributed by atoms with Crippen molar-refractivity contribution in [2.24, 2.45) is 0 Å². The summed E-state index contributed by atoms with van der Waals surface area (Å²) in [6, 6.07) is 12.9.